The van der Waals surface area contributed by atoms with Crippen LogP contribution in [-0.4, -0.2) is 56.7 Å². The van der Waals surface area contributed by atoms with Gasteiger partial charge in [0.1, 0.15) is 11.4 Å². The maximum absolute atomic E-state index is 13.6. The van der Waals surface area contributed by atoms with E-state index in [0.717, 1.165) is 49.8 Å². The molecular weight excluding hydrogens is 466 g/mol. The number of fused-ring (bicyclic) bond motifs is 1. The quantitative estimate of drug-likeness (QED) is 0.446. The van der Waals surface area contributed by atoms with Gasteiger partial charge in [-0.2, -0.15) is 0 Å². The van der Waals surface area contributed by atoms with Crippen molar-refractivity contribution >= 4 is 32.3 Å². The van der Waals surface area contributed by atoms with Gasteiger partial charge in [-0.1, -0.05) is 24.1 Å². The molecule has 2 aromatic heterocycles. The Morgan fingerprint density at radius 3 is 2.63 bits per heavy atom. The maximum atomic E-state index is 13.6. The van der Waals surface area contributed by atoms with Gasteiger partial charge in [0.25, 0.3) is 5.56 Å². The van der Waals surface area contributed by atoms with Gasteiger partial charge in [-0.05, 0) is 71.5 Å². The molecule has 0 spiro atoms. The molecule has 35 heavy (non-hydrogen) atoms. The fourth-order valence-corrected chi connectivity index (χ4v) is 6.40. The van der Waals surface area contributed by atoms with E-state index in [4.69, 9.17) is 4.52 Å². The zero-order valence-electron chi connectivity index (χ0n) is 20.9. The molecule has 0 aromatic carbocycles. The standard InChI is InChI=1S/C25H35N5O4S/c1-16-24(17(2)34-28-16)18-10-11-23(35(32,33)29-19-8-5-6-9-19)20-15-22(25(31)27-21(20)14-18)26-12-7-13-30(3)4/h10,14-15,19,26,29H,5-9,11-13H2,1-4H3,(H,27,31). The summed E-state index contributed by atoms with van der Waals surface area (Å²) in [6, 6.07) is 1.62. The molecule has 1 fully saturated rings. The molecule has 0 unspecified atom stereocenters. The van der Waals surface area contributed by atoms with Crippen molar-refractivity contribution < 1.29 is 12.9 Å². The number of nitrogens with one attached hydrogen (secondary N) is 3. The molecule has 2 aliphatic carbocycles. The normalized spacial score (nSPS) is 16.7. The third-order valence-electron chi connectivity index (χ3n) is 6.60. The molecule has 0 saturated heterocycles. The number of rotatable bonds is 9. The van der Waals surface area contributed by atoms with E-state index < -0.39 is 10.0 Å². The van der Waals surface area contributed by atoms with Crippen molar-refractivity contribution in [3.05, 3.63) is 50.1 Å². The summed E-state index contributed by atoms with van der Waals surface area (Å²) >= 11 is 0. The van der Waals surface area contributed by atoms with Crippen LogP contribution in [0.3, 0.4) is 0 Å². The molecular formula is C25H35N5O4S. The van der Waals surface area contributed by atoms with Crippen LogP contribution < -0.4 is 26.2 Å². The lowest BCUT2D eigenvalue weighted by molar-refractivity contribution is 0.393. The van der Waals surface area contributed by atoms with Gasteiger partial charge in [0.2, 0.25) is 10.0 Å². The predicted molar refractivity (Wildman–Crippen MR) is 139 cm³/mol. The van der Waals surface area contributed by atoms with Crippen molar-refractivity contribution in [3.8, 4) is 0 Å². The van der Waals surface area contributed by atoms with Crippen LogP contribution in [-0.2, 0) is 10.0 Å². The Bertz CT molecular complexity index is 1380. The highest BCUT2D eigenvalue weighted by Crippen LogP contribution is 2.27. The second-order valence-corrected chi connectivity index (χ2v) is 11.4. The molecule has 1 saturated carbocycles. The summed E-state index contributed by atoms with van der Waals surface area (Å²) in [5.74, 6) is 0.642. The van der Waals surface area contributed by atoms with Gasteiger partial charge >= 0.3 is 0 Å². The van der Waals surface area contributed by atoms with Crippen molar-refractivity contribution in [2.24, 2.45) is 0 Å². The third kappa shape index (κ3) is 5.76. The maximum Gasteiger partial charge on any atom is 0.271 e. The van der Waals surface area contributed by atoms with Gasteiger partial charge in [0.05, 0.1) is 15.9 Å². The third-order valence-corrected chi connectivity index (χ3v) is 8.28. The Balaban J connectivity index is 1.82. The summed E-state index contributed by atoms with van der Waals surface area (Å²) in [4.78, 5) is 18.2. The van der Waals surface area contributed by atoms with E-state index >= 15 is 0 Å². The summed E-state index contributed by atoms with van der Waals surface area (Å²) in [5, 5.41) is 8.19. The molecule has 9 nitrogen and oxygen atoms in total. The number of anilines is 1. The van der Waals surface area contributed by atoms with Gasteiger partial charge in [-0.25, -0.2) is 13.1 Å². The number of pyridine rings is 1. The minimum Gasteiger partial charge on any atom is -0.381 e. The second kappa shape index (κ2) is 10.5. The van der Waals surface area contributed by atoms with E-state index in [1.807, 2.05) is 40.1 Å². The van der Waals surface area contributed by atoms with E-state index in [0.29, 0.717) is 34.3 Å². The Morgan fingerprint density at radius 1 is 1.23 bits per heavy atom. The van der Waals surface area contributed by atoms with Crippen LogP contribution >= 0.6 is 0 Å². The molecule has 0 atom stereocenters. The first-order chi connectivity index (χ1) is 16.7. The smallest absolute Gasteiger partial charge is 0.271 e. The summed E-state index contributed by atoms with van der Waals surface area (Å²) in [6.45, 7) is 5.15. The first-order valence-electron chi connectivity index (χ1n) is 12.2. The zero-order chi connectivity index (χ0) is 25.2. The molecule has 2 aliphatic rings. The minimum atomic E-state index is -3.78. The summed E-state index contributed by atoms with van der Waals surface area (Å²) in [7, 11) is 0.221. The van der Waals surface area contributed by atoms with Crippen molar-refractivity contribution in [3.63, 3.8) is 0 Å². The van der Waals surface area contributed by atoms with Crippen LogP contribution in [0.5, 0.6) is 0 Å². The summed E-state index contributed by atoms with van der Waals surface area (Å²) < 4.78 is 35.4. The Labute approximate surface area is 206 Å². The first-order valence-corrected chi connectivity index (χ1v) is 13.7. The molecule has 10 heteroatoms. The van der Waals surface area contributed by atoms with Gasteiger partial charge in [0.15, 0.2) is 0 Å². The lowest BCUT2D eigenvalue weighted by Crippen LogP contribution is -2.41. The van der Waals surface area contributed by atoms with Crippen LogP contribution in [0, 0.1) is 13.8 Å². The first kappa shape index (κ1) is 25.4. The number of allylic oxidation sites excluding steroid dienone is 2. The van der Waals surface area contributed by atoms with Gasteiger partial charge in [0, 0.05) is 29.8 Å². The predicted octanol–water partition coefficient (Wildman–Crippen LogP) is 1.58. The molecule has 190 valence electrons. The van der Waals surface area contributed by atoms with E-state index in [2.05, 4.69) is 25.1 Å². The Morgan fingerprint density at radius 2 is 1.97 bits per heavy atom. The number of hydrogen-bond acceptors (Lipinski definition) is 7. The molecule has 2 heterocycles. The van der Waals surface area contributed by atoms with E-state index in [9.17, 15) is 13.2 Å². The number of hydrogen-bond donors (Lipinski definition) is 3. The van der Waals surface area contributed by atoms with Crippen molar-refractivity contribution in [2.45, 2.75) is 58.4 Å². The van der Waals surface area contributed by atoms with E-state index in [1.165, 1.54) is 0 Å². The van der Waals surface area contributed by atoms with Gasteiger partial charge in [-0.3, -0.25) is 4.79 Å². The molecule has 0 bridgehead atoms. The monoisotopic (exact) mass is 501 g/mol. The lowest BCUT2D eigenvalue weighted by atomic mass is 10.0. The molecule has 3 N–H and O–H groups in total. The van der Waals surface area contributed by atoms with Crippen LogP contribution in [0.2, 0.25) is 0 Å². The Kier molecular flexibility index (Phi) is 7.63. The van der Waals surface area contributed by atoms with E-state index in [1.54, 1.807) is 6.07 Å². The number of nitrogens with zero attached hydrogens (tertiary/aromatic N) is 2. The molecule has 0 aliphatic heterocycles. The molecule has 0 amide bonds. The van der Waals surface area contributed by atoms with Crippen LogP contribution in [0.4, 0.5) is 5.69 Å². The highest BCUT2D eigenvalue weighted by atomic mass is 32.2. The van der Waals surface area contributed by atoms with Crippen LogP contribution in [0.25, 0.3) is 16.6 Å². The number of aromatic nitrogens is 2. The fraction of sp³-hybridized carbons (Fsp3) is 0.520. The highest BCUT2D eigenvalue weighted by Gasteiger charge is 2.26. The largest absolute Gasteiger partial charge is 0.381 e. The summed E-state index contributed by atoms with van der Waals surface area (Å²) in [6.07, 6.45) is 8.47. The average Bonchev–Trinajstić information content (AvgIpc) is 3.36. The van der Waals surface area contributed by atoms with Crippen molar-refractivity contribution in [1.29, 1.82) is 0 Å². The van der Waals surface area contributed by atoms with E-state index in [-0.39, 0.29) is 22.9 Å². The fourth-order valence-electron chi connectivity index (χ4n) is 4.82. The number of aryl methyl sites for hydroxylation is 2. The molecule has 4 rings (SSSR count). The minimum absolute atomic E-state index is 0.0550. The van der Waals surface area contributed by atoms with Crippen molar-refractivity contribution in [1.82, 2.24) is 19.8 Å². The Hall–Kier alpha value is -2.69. The van der Waals surface area contributed by atoms with Crippen molar-refractivity contribution in [2.75, 3.05) is 32.5 Å². The lowest BCUT2D eigenvalue weighted by Gasteiger charge is -2.15. The number of H-pyrrole nitrogens is 1. The SMILES string of the molecule is Cc1noc(C)c1C1=CCC(S(=O)(=O)NC2CCCC2)=c2cc(NCCCN(C)C)c(=O)[nH]c2=C1. The topological polar surface area (TPSA) is 120 Å². The van der Waals surface area contributed by atoms with Crippen LogP contribution in [0.15, 0.2) is 21.5 Å². The average molecular weight is 502 g/mol. The van der Waals surface area contributed by atoms with Crippen LogP contribution in [0.1, 0.15) is 55.5 Å². The number of aromatic amines is 1. The zero-order valence-corrected chi connectivity index (χ0v) is 21.7. The summed E-state index contributed by atoms with van der Waals surface area (Å²) in [5.41, 5.74) is 2.38. The second-order valence-electron chi connectivity index (χ2n) is 9.66. The number of sulfonamides is 1. The molecule has 2 aromatic rings. The molecule has 0 radical (unpaired) electrons. The van der Waals surface area contributed by atoms with Gasteiger partial charge in [-0.15, -0.1) is 0 Å². The highest BCUT2D eigenvalue weighted by molar-refractivity contribution is 7.98. The van der Waals surface area contributed by atoms with Gasteiger partial charge < -0.3 is 19.7 Å².